The largest absolute Gasteiger partial charge is 0.369 e. The van der Waals surface area contributed by atoms with Gasteiger partial charge in [-0.2, -0.15) is 0 Å². The van der Waals surface area contributed by atoms with Crippen molar-refractivity contribution in [3.63, 3.8) is 0 Å². The van der Waals surface area contributed by atoms with Gasteiger partial charge in [0.25, 0.3) is 0 Å². The molecule has 2 aromatic carbocycles. The Hall–Kier alpha value is -1.63. The second-order valence-corrected chi connectivity index (χ2v) is 7.23. The van der Waals surface area contributed by atoms with Crippen LogP contribution in [-0.4, -0.2) is 43.5 Å². The van der Waals surface area contributed by atoms with Gasteiger partial charge in [0.1, 0.15) is 5.82 Å². The van der Waals surface area contributed by atoms with Crippen LogP contribution >= 0.6 is 27.5 Å². The van der Waals surface area contributed by atoms with Crippen LogP contribution in [0.15, 0.2) is 46.9 Å². The van der Waals surface area contributed by atoms with E-state index >= 15 is 0 Å². The molecule has 1 N–H and O–H groups in total. The van der Waals surface area contributed by atoms with E-state index < -0.39 is 0 Å². The Morgan fingerprint density at radius 3 is 2.44 bits per heavy atom. The van der Waals surface area contributed by atoms with E-state index in [2.05, 4.69) is 31.0 Å². The summed E-state index contributed by atoms with van der Waals surface area (Å²) in [4.78, 5) is 16.5. The Kier molecular flexibility index (Phi) is 5.93. The molecule has 0 spiro atoms. The Bertz CT molecular complexity index is 748. The summed E-state index contributed by atoms with van der Waals surface area (Å²) < 4.78 is 13.9. The minimum atomic E-state index is -0.231. The van der Waals surface area contributed by atoms with E-state index in [1.165, 1.54) is 12.1 Å². The third kappa shape index (κ3) is 4.93. The summed E-state index contributed by atoms with van der Waals surface area (Å²) in [6, 6.07) is 11.9. The van der Waals surface area contributed by atoms with Crippen LogP contribution < -0.4 is 10.2 Å². The Morgan fingerprint density at radius 1 is 1.12 bits per heavy atom. The summed E-state index contributed by atoms with van der Waals surface area (Å²) in [5.41, 5.74) is 1.62. The smallest absolute Gasteiger partial charge is 0.238 e. The maximum absolute atomic E-state index is 13.0. The topological polar surface area (TPSA) is 35.6 Å². The number of carbonyl (C=O) groups is 1. The van der Waals surface area contributed by atoms with Crippen LogP contribution in [-0.2, 0) is 4.79 Å². The lowest BCUT2D eigenvalue weighted by Gasteiger charge is -2.35. The molecule has 0 saturated carbocycles. The zero-order chi connectivity index (χ0) is 17.8. The van der Waals surface area contributed by atoms with Gasteiger partial charge in [0, 0.05) is 36.3 Å². The lowest BCUT2D eigenvalue weighted by Crippen LogP contribution is -2.48. The van der Waals surface area contributed by atoms with Gasteiger partial charge in [0.2, 0.25) is 5.91 Å². The number of piperazine rings is 1. The Balaban J connectivity index is 1.50. The highest BCUT2D eigenvalue weighted by atomic mass is 79.9. The first-order valence-electron chi connectivity index (χ1n) is 7.99. The standard InChI is InChI=1S/C18H18BrClFN3O/c19-13-1-6-17(16(20)11-13)22-18(25)12-23-7-9-24(10-8-23)15-4-2-14(21)3-5-15/h1-6,11H,7-10,12H2,(H,22,25). The van der Waals surface area contributed by atoms with E-state index in [9.17, 15) is 9.18 Å². The van der Waals surface area contributed by atoms with Crippen molar-refractivity contribution in [2.75, 3.05) is 42.9 Å². The third-order valence-electron chi connectivity index (χ3n) is 4.14. The molecule has 1 fully saturated rings. The second-order valence-electron chi connectivity index (χ2n) is 5.91. The number of nitrogens with one attached hydrogen (secondary N) is 1. The first-order chi connectivity index (χ1) is 12.0. The lowest BCUT2D eigenvalue weighted by atomic mass is 10.2. The summed E-state index contributed by atoms with van der Waals surface area (Å²) in [7, 11) is 0. The van der Waals surface area contributed by atoms with Gasteiger partial charge in [-0.1, -0.05) is 27.5 Å². The van der Waals surface area contributed by atoms with E-state index in [1.807, 2.05) is 6.07 Å². The molecule has 0 unspecified atom stereocenters. The van der Waals surface area contributed by atoms with Crippen molar-refractivity contribution in [1.82, 2.24) is 4.90 Å². The van der Waals surface area contributed by atoms with Gasteiger partial charge < -0.3 is 10.2 Å². The van der Waals surface area contributed by atoms with E-state index in [1.54, 1.807) is 24.3 Å². The second kappa shape index (κ2) is 8.17. The molecule has 1 aliphatic rings. The molecule has 2 aromatic rings. The Labute approximate surface area is 159 Å². The average molecular weight is 427 g/mol. The zero-order valence-electron chi connectivity index (χ0n) is 13.5. The molecule has 0 aromatic heterocycles. The van der Waals surface area contributed by atoms with Crippen molar-refractivity contribution in [2.45, 2.75) is 0 Å². The van der Waals surface area contributed by atoms with Gasteiger partial charge in [-0.3, -0.25) is 9.69 Å². The molecular formula is C18H18BrClFN3O. The predicted molar refractivity (Wildman–Crippen MR) is 103 cm³/mol. The van der Waals surface area contributed by atoms with Crippen molar-refractivity contribution >= 4 is 44.8 Å². The van der Waals surface area contributed by atoms with Crippen molar-refractivity contribution in [3.05, 3.63) is 57.8 Å². The fourth-order valence-corrected chi connectivity index (χ4v) is 3.52. The third-order valence-corrected chi connectivity index (χ3v) is 4.94. The first kappa shape index (κ1) is 18.2. The molecule has 0 radical (unpaired) electrons. The number of hydrogen-bond donors (Lipinski definition) is 1. The minimum absolute atomic E-state index is 0.0838. The maximum atomic E-state index is 13.0. The molecule has 3 rings (SSSR count). The first-order valence-corrected chi connectivity index (χ1v) is 9.16. The summed E-state index contributed by atoms with van der Waals surface area (Å²) in [5, 5.41) is 3.35. The summed E-state index contributed by atoms with van der Waals surface area (Å²) in [6.45, 7) is 3.48. The van der Waals surface area contributed by atoms with Gasteiger partial charge in [0.15, 0.2) is 0 Å². The van der Waals surface area contributed by atoms with E-state index in [0.29, 0.717) is 17.3 Å². The normalized spacial score (nSPS) is 15.2. The molecule has 1 heterocycles. The van der Waals surface area contributed by atoms with Gasteiger partial charge in [-0.25, -0.2) is 4.39 Å². The molecule has 132 valence electrons. The van der Waals surface area contributed by atoms with E-state index in [-0.39, 0.29) is 11.7 Å². The van der Waals surface area contributed by atoms with Crippen molar-refractivity contribution < 1.29 is 9.18 Å². The summed E-state index contributed by atoms with van der Waals surface area (Å²) in [5.74, 6) is -0.315. The number of carbonyl (C=O) groups excluding carboxylic acids is 1. The van der Waals surface area contributed by atoms with E-state index in [0.717, 1.165) is 36.3 Å². The molecular weight excluding hydrogens is 409 g/mol. The van der Waals surface area contributed by atoms with Crippen LogP contribution in [0, 0.1) is 5.82 Å². The minimum Gasteiger partial charge on any atom is -0.369 e. The number of rotatable bonds is 4. The monoisotopic (exact) mass is 425 g/mol. The molecule has 1 aliphatic heterocycles. The summed E-state index contributed by atoms with van der Waals surface area (Å²) in [6.07, 6.45) is 0. The number of anilines is 2. The fraction of sp³-hybridized carbons (Fsp3) is 0.278. The van der Waals surface area contributed by atoms with E-state index in [4.69, 9.17) is 11.6 Å². The number of nitrogens with zero attached hydrogens (tertiary/aromatic N) is 2. The molecule has 0 bridgehead atoms. The van der Waals surface area contributed by atoms with Crippen molar-refractivity contribution in [1.29, 1.82) is 0 Å². The van der Waals surface area contributed by atoms with Crippen LogP contribution in [0.5, 0.6) is 0 Å². The van der Waals surface area contributed by atoms with Crippen molar-refractivity contribution in [3.8, 4) is 0 Å². The number of halogens is 3. The fourth-order valence-electron chi connectivity index (χ4n) is 2.80. The highest BCUT2D eigenvalue weighted by Gasteiger charge is 2.19. The number of hydrogen-bond acceptors (Lipinski definition) is 3. The highest BCUT2D eigenvalue weighted by molar-refractivity contribution is 9.10. The van der Waals surface area contributed by atoms with Crippen LogP contribution in [0.3, 0.4) is 0 Å². The molecule has 0 atom stereocenters. The SMILES string of the molecule is O=C(CN1CCN(c2ccc(F)cc2)CC1)Nc1ccc(Br)cc1Cl. The quantitative estimate of drug-likeness (QED) is 0.803. The van der Waals surface area contributed by atoms with Gasteiger partial charge in [-0.05, 0) is 42.5 Å². The van der Waals surface area contributed by atoms with Crippen LogP contribution in [0.1, 0.15) is 0 Å². The highest BCUT2D eigenvalue weighted by Crippen LogP contribution is 2.25. The molecule has 1 amide bonds. The van der Waals surface area contributed by atoms with Crippen LogP contribution in [0.2, 0.25) is 5.02 Å². The molecule has 1 saturated heterocycles. The number of amides is 1. The maximum Gasteiger partial charge on any atom is 0.238 e. The van der Waals surface area contributed by atoms with Gasteiger partial charge in [-0.15, -0.1) is 0 Å². The van der Waals surface area contributed by atoms with Crippen LogP contribution in [0.25, 0.3) is 0 Å². The number of benzene rings is 2. The predicted octanol–water partition coefficient (Wildman–Crippen LogP) is 4.00. The summed E-state index contributed by atoms with van der Waals surface area (Å²) >= 11 is 9.46. The van der Waals surface area contributed by atoms with Crippen LogP contribution in [0.4, 0.5) is 15.8 Å². The molecule has 25 heavy (non-hydrogen) atoms. The molecule has 4 nitrogen and oxygen atoms in total. The van der Waals surface area contributed by atoms with Gasteiger partial charge in [0.05, 0.1) is 17.3 Å². The molecule has 7 heteroatoms. The van der Waals surface area contributed by atoms with Crippen molar-refractivity contribution in [2.24, 2.45) is 0 Å². The Morgan fingerprint density at radius 2 is 1.80 bits per heavy atom. The lowest BCUT2D eigenvalue weighted by molar-refractivity contribution is -0.117. The average Bonchev–Trinajstić information content (AvgIpc) is 2.59. The molecule has 0 aliphatic carbocycles. The zero-order valence-corrected chi connectivity index (χ0v) is 15.9. The van der Waals surface area contributed by atoms with Gasteiger partial charge >= 0.3 is 0 Å².